The van der Waals surface area contributed by atoms with Crippen molar-refractivity contribution in [3.8, 4) is 5.75 Å². The Morgan fingerprint density at radius 2 is 1.88 bits per heavy atom. The number of anilines is 1. The second-order valence-corrected chi connectivity index (χ2v) is 6.64. The highest BCUT2D eigenvalue weighted by Crippen LogP contribution is 2.32. The first-order valence-corrected chi connectivity index (χ1v) is 9.26. The summed E-state index contributed by atoms with van der Waals surface area (Å²) in [5, 5.41) is 9.23. The van der Waals surface area contributed by atoms with Crippen LogP contribution in [0.4, 0.5) is 16.5 Å². The number of aromatic nitrogens is 1. The molecule has 0 aliphatic carbocycles. The van der Waals surface area contributed by atoms with Gasteiger partial charge in [0.2, 0.25) is 5.13 Å². The summed E-state index contributed by atoms with van der Waals surface area (Å²) in [5.41, 5.74) is 2.96. The number of azo groups is 1. The van der Waals surface area contributed by atoms with Crippen LogP contribution in [-0.2, 0) is 0 Å². The van der Waals surface area contributed by atoms with Crippen LogP contribution in [0.3, 0.4) is 0 Å². The van der Waals surface area contributed by atoms with E-state index >= 15 is 0 Å². The molecule has 0 aliphatic heterocycles. The third-order valence-corrected chi connectivity index (χ3v) is 4.83. The van der Waals surface area contributed by atoms with Crippen molar-refractivity contribution in [2.24, 2.45) is 10.2 Å². The van der Waals surface area contributed by atoms with Crippen LogP contribution in [0.5, 0.6) is 5.75 Å². The lowest BCUT2D eigenvalue weighted by atomic mass is 10.2. The number of hydrogen-bond acceptors (Lipinski definition) is 6. The van der Waals surface area contributed by atoms with Crippen molar-refractivity contribution >= 4 is 38.1 Å². The molecular formula is C19H22N4OS. The van der Waals surface area contributed by atoms with Gasteiger partial charge in [-0.05, 0) is 55.8 Å². The molecule has 3 aromatic rings. The molecule has 25 heavy (non-hydrogen) atoms. The van der Waals surface area contributed by atoms with Crippen molar-refractivity contribution in [3.63, 3.8) is 0 Å². The maximum absolute atomic E-state index is 5.24. The van der Waals surface area contributed by atoms with E-state index in [4.69, 9.17) is 4.74 Å². The molecule has 1 heterocycles. The zero-order valence-corrected chi connectivity index (χ0v) is 15.6. The molecule has 1 aromatic heterocycles. The van der Waals surface area contributed by atoms with Crippen molar-refractivity contribution in [2.75, 3.05) is 25.1 Å². The fourth-order valence-electron chi connectivity index (χ4n) is 2.63. The average molecular weight is 354 g/mol. The maximum Gasteiger partial charge on any atom is 0.231 e. The van der Waals surface area contributed by atoms with Gasteiger partial charge in [0, 0.05) is 18.8 Å². The van der Waals surface area contributed by atoms with E-state index in [9.17, 15) is 0 Å². The van der Waals surface area contributed by atoms with Gasteiger partial charge < -0.3 is 9.64 Å². The van der Waals surface area contributed by atoms with Gasteiger partial charge in [0.1, 0.15) is 5.75 Å². The zero-order valence-electron chi connectivity index (χ0n) is 14.8. The van der Waals surface area contributed by atoms with Crippen LogP contribution in [0.1, 0.15) is 20.3 Å². The number of benzene rings is 2. The van der Waals surface area contributed by atoms with Crippen LogP contribution in [-0.4, -0.2) is 25.2 Å². The molecule has 0 saturated heterocycles. The molecule has 0 bridgehead atoms. The SMILES string of the molecule is CCCN(CC)c1ccc(N=Nc2nc3ccc(OC)cc3s2)cc1. The van der Waals surface area contributed by atoms with E-state index in [1.165, 1.54) is 17.0 Å². The third kappa shape index (κ3) is 4.14. The first-order chi connectivity index (χ1) is 12.2. The monoisotopic (exact) mass is 354 g/mol. The van der Waals surface area contributed by atoms with Crippen LogP contribution >= 0.6 is 11.3 Å². The number of methoxy groups -OCH3 is 1. The summed E-state index contributed by atoms with van der Waals surface area (Å²) in [4.78, 5) is 6.83. The number of fused-ring (bicyclic) bond motifs is 1. The quantitative estimate of drug-likeness (QED) is 0.492. The molecule has 0 aliphatic rings. The molecule has 0 unspecified atom stereocenters. The number of ether oxygens (including phenoxy) is 1. The van der Waals surface area contributed by atoms with Crippen molar-refractivity contribution in [1.29, 1.82) is 0 Å². The van der Waals surface area contributed by atoms with Crippen LogP contribution in [0.15, 0.2) is 52.7 Å². The minimum Gasteiger partial charge on any atom is -0.497 e. The lowest BCUT2D eigenvalue weighted by Gasteiger charge is -2.22. The minimum absolute atomic E-state index is 0.647. The topological polar surface area (TPSA) is 50.1 Å². The Balaban J connectivity index is 1.75. The Morgan fingerprint density at radius 3 is 2.56 bits per heavy atom. The molecule has 0 fully saturated rings. The highest BCUT2D eigenvalue weighted by Gasteiger charge is 2.05. The van der Waals surface area contributed by atoms with Gasteiger partial charge in [-0.3, -0.25) is 0 Å². The summed E-state index contributed by atoms with van der Waals surface area (Å²) in [6.45, 7) is 6.43. The molecule has 130 valence electrons. The van der Waals surface area contributed by atoms with E-state index in [0.29, 0.717) is 5.13 Å². The fourth-order valence-corrected chi connectivity index (χ4v) is 3.45. The van der Waals surface area contributed by atoms with E-state index < -0.39 is 0 Å². The van der Waals surface area contributed by atoms with Gasteiger partial charge in [-0.1, -0.05) is 18.3 Å². The summed E-state index contributed by atoms with van der Waals surface area (Å²) in [6, 6.07) is 14.0. The molecule has 6 heteroatoms. The molecule has 5 nitrogen and oxygen atoms in total. The predicted octanol–water partition coefficient (Wildman–Crippen LogP) is 5.96. The Labute approximate surface area is 152 Å². The summed E-state index contributed by atoms with van der Waals surface area (Å²) < 4.78 is 6.28. The highest BCUT2D eigenvalue weighted by molar-refractivity contribution is 7.21. The molecular weight excluding hydrogens is 332 g/mol. The lowest BCUT2D eigenvalue weighted by molar-refractivity contribution is 0.415. The number of rotatable bonds is 7. The Hall–Kier alpha value is -2.47. The Kier molecular flexibility index (Phi) is 5.60. The van der Waals surface area contributed by atoms with Gasteiger partial charge in [0.15, 0.2) is 0 Å². The van der Waals surface area contributed by atoms with Gasteiger partial charge in [0.05, 0.1) is 23.0 Å². The van der Waals surface area contributed by atoms with Crippen LogP contribution < -0.4 is 9.64 Å². The molecule has 2 aromatic carbocycles. The molecule has 0 saturated carbocycles. The molecule has 0 radical (unpaired) electrons. The van der Waals surface area contributed by atoms with Gasteiger partial charge in [-0.2, -0.15) is 0 Å². The molecule has 0 atom stereocenters. The first-order valence-electron chi connectivity index (χ1n) is 8.44. The van der Waals surface area contributed by atoms with Crippen molar-refractivity contribution in [2.45, 2.75) is 20.3 Å². The Bertz CT molecular complexity index is 857. The average Bonchev–Trinajstić information content (AvgIpc) is 3.07. The van der Waals surface area contributed by atoms with Crippen LogP contribution in [0, 0.1) is 0 Å². The fraction of sp³-hybridized carbons (Fsp3) is 0.316. The standard InChI is InChI=1S/C19H22N4OS/c1-4-12-23(5-2)15-8-6-14(7-9-15)21-22-19-20-17-11-10-16(24-3)13-18(17)25-19/h6-11,13H,4-5,12H2,1-3H3. The van der Waals surface area contributed by atoms with Gasteiger partial charge in [-0.25, -0.2) is 4.98 Å². The maximum atomic E-state index is 5.24. The normalized spacial score (nSPS) is 11.3. The summed E-state index contributed by atoms with van der Waals surface area (Å²) in [6.07, 6.45) is 1.14. The van der Waals surface area contributed by atoms with Gasteiger partial charge >= 0.3 is 0 Å². The highest BCUT2D eigenvalue weighted by atomic mass is 32.1. The van der Waals surface area contributed by atoms with Crippen molar-refractivity contribution < 1.29 is 4.74 Å². The van der Waals surface area contributed by atoms with Crippen LogP contribution in [0.25, 0.3) is 10.2 Å². The number of hydrogen-bond donors (Lipinski definition) is 0. The molecule has 0 spiro atoms. The van der Waals surface area contributed by atoms with Crippen molar-refractivity contribution in [3.05, 3.63) is 42.5 Å². The second kappa shape index (κ2) is 8.07. The van der Waals surface area contributed by atoms with Crippen molar-refractivity contribution in [1.82, 2.24) is 4.98 Å². The summed E-state index contributed by atoms with van der Waals surface area (Å²) in [5.74, 6) is 0.822. The summed E-state index contributed by atoms with van der Waals surface area (Å²) in [7, 11) is 1.66. The number of thiazole rings is 1. The van der Waals surface area contributed by atoms with E-state index in [2.05, 4.69) is 46.1 Å². The third-order valence-electron chi connectivity index (χ3n) is 3.93. The lowest BCUT2D eigenvalue weighted by Crippen LogP contribution is -2.23. The van der Waals surface area contributed by atoms with Gasteiger partial charge in [0.25, 0.3) is 0 Å². The summed E-state index contributed by atoms with van der Waals surface area (Å²) >= 11 is 1.50. The second-order valence-electron chi connectivity index (χ2n) is 5.63. The minimum atomic E-state index is 0.647. The van der Waals surface area contributed by atoms with E-state index in [-0.39, 0.29) is 0 Å². The van der Waals surface area contributed by atoms with E-state index in [0.717, 1.165) is 41.2 Å². The smallest absolute Gasteiger partial charge is 0.231 e. The molecule has 0 amide bonds. The van der Waals surface area contributed by atoms with Crippen LogP contribution in [0.2, 0.25) is 0 Å². The van der Waals surface area contributed by atoms with E-state index in [1.807, 2.05) is 30.3 Å². The predicted molar refractivity (Wildman–Crippen MR) is 105 cm³/mol. The molecule has 3 rings (SSSR count). The van der Waals surface area contributed by atoms with E-state index in [1.54, 1.807) is 7.11 Å². The Morgan fingerprint density at radius 1 is 1.08 bits per heavy atom. The first kappa shape index (κ1) is 17.4. The zero-order chi connectivity index (χ0) is 17.6. The molecule has 0 N–H and O–H groups in total. The van der Waals surface area contributed by atoms with Gasteiger partial charge in [-0.15, -0.1) is 10.2 Å². The largest absolute Gasteiger partial charge is 0.497 e. The number of nitrogens with zero attached hydrogens (tertiary/aromatic N) is 4.